The van der Waals surface area contributed by atoms with Gasteiger partial charge in [-0.1, -0.05) is 32.4 Å². The number of pyridine rings is 1. The number of alkyl halides is 2. The number of hydrogen-bond acceptors (Lipinski definition) is 4. The van der Waals surface area contributed by atoms with Crippen LogP contribution in [0.4, 0.5) is 14.6 Å². The molecule has 1 N–H and O–H groups in total. The van der Waals surface area contributed by atoms with E-state index in [1.165, 1.54) is 18.3 Å². The molecular formula is C17H15ClF2N2O3. The number of nitrogens with one attached hydrogen (secondary N) is 1. The Kier molecular flexibility index (Phi) is 4.07. The van der Waals surface area contributed by atoms with Crippen LogP contribution in [0.2, 0.25) is 5.02 Å². The molecule has 1 amide bonds. The van der Waals surface area contributed by atoms with Crippen molar-refractivity contribution in [3.05, 3.63) is 35.5 Å². The molecule has 132 valence electrons. The van der Waals surface area contributed by atoms with Crippen molar-refractivity contribution in [3.63, 3.8) is 0 Å². The maximum absolute atomic E-state index is 13.1. The number of ether oxygens (including phenoxy) is 2. The van der Waals surface area contributed by atoms with E-state index >= 15 is 0 Å². The Bertz CT molecular complexity index is 833. The molecule has 0 aliphatic carbocycles. The van der Waals surface area contributed by atoms with Gasteiger partial charge in [-0.25, -0.2) is 4.98 Å². The number of halogens is 3. The molecule has 0 fully saturated rings. The smallest absolute Gasteiger partial charge is 0.395 e. The third-order valence-electron chi connectivity index (χ3n) is 3.49. The predicted molar refractivity (Wildman–Crippen MR) is 89.0 cm³/mol. The largest absolute Gasteiger partial charge is 0.586 e. The zero-order chi connectivity index (χ0) is 18.4. The fourth-order valence-electron chi connectivity index (χ4n) is 2.12. The quantitative estimate of drug-likeness (QED) is 0.834. The van der Waals surface area contributed by atoms with Gasteiger partial charge in [0.1, 0.15) is 5.82 Å². The minimum atomic E-state index is -3.70. The second-order valence-electron chi connectivity index (χ2n) is 6.58. The minimum absolute atomic E-state index is 0.102. The van der Waals surface area contributed by atoms with Gasteiger partial charge in [-0.2, -0.15) is 0 Å². The molecule has 2 heterocycles. The van der Waals surface area contributed by atoms with Crippen LogP contribution in [0.3, 0.4) is 0 Å². The van der Waals surface area contributed by atoms with Gasteiger partial charge < -0.3 is 14.8 Å². The second-order valence-corrected chi connectivity index (χ2v) is 6.99. The number of benzene rings is 1. The summed E-state index contributed by atoms with van der Waals surface area (Å²) >= 11 is 6.14. The van der Waals surface area contributed by atoms with Crippen LogP contribution in [0.25, 0.3) is 11.1 Å². The number of carbonyl (C=O) groups excluding carboxylic acids is 1. The van der Waals surface area contributed by atoms with E-state index in [-0.39, 0.29) is 22.4 Å². The Morgan fingerprint density at radius 3 is 2.40 bits per heavy atom. The van der Waals surface area contributed by atoms with Crippen LogP contribution in [0, 0.1) is 5.41 Å². The Morgan fingerprint density at radius 2 is 1.84 bits per heavy atom. The number of carbonyl (C=O) groups is 1. The number of anilines is 1. The Balaban J connectivity index is 1.85. The molecule has 1 aromatic heterocycles. The summed E-state index contributed by atoms with van der Waals surface area (Å²) in [6.45, 7) is 5.37. The summed E-state index contributed by atoms with van der Waals surface area (Å²) in [7, 11) is 0. The van der Waals surface area contributed by atoms with Crippen LogP contribution < -0.4 is 14.8 Å². The highest BCUT2D eigenvalue weighted by molar-refractivity contribution is 6.33. The molecule has 2 aromatic rings. The molecule has 3 rings (SSSR count). The fourth-order valence-corrected chi connectivity index (χ4v) is 2.39. The lowest BCUT2D eigenvalue weighted by molar-refractivity contribution is -0.286. The molecule has 5 nitrogen and oxygen atoms in total. The number of aromatic nitrogens is 1. The summed E-state index contributed by atoms with van der Waals surface area (Å²) in [6.07, 6.45) is -2.22. The molecular weight excluding hydrogens is 354 g/mol. The molecule has 0 saturated carbocycles. The van der Waals surface area contributed by atoms with Crippen molar-refractivity contribution in [2.45, 2.75) is 27.1 Å². The van der Waals surface area contributed by atoms with Gasteiger partial charge in [-0.05, 0) is 18.2 Å². The van der Waals surface area contributed by atoms with Gasteiger partial charge in [0.05, 0.1) is 5.02 Å². The number of amides is 1. The summed E-state index contributed by atoms with van der Waals surface area (Å²) in [4.78, 5) is 16.1. The van der Waals surface area contributed by atoms with Crippen LogP contribution in [0.15, 0.2) is 30.5 Å². The predicted octanol–water partition coefficient (Wildman–Crippen LogP) is 4.71. The zero-order valence-electron chi connectivity index (χ0n) is 13.7. The zero-order valence-corrected chi connectivity index (χ0v) is 14.4. The first-order valence-electron chi connectivity index (χ1n) is 7.42. The highest BCUT2D eigenvalue weighted by Gasteiger charge is 2.43. The molecule has 8 heteroatoms. The van der Waals surface area contributed by atoms with E-state index in [2.05, 4.69) is 19.8 Å². The minimum Gasteiger partial charge on any atom is -0.395 e. The van der Waals surface area contributed by atoms with Gasteiger partial charge in [0, 0.05) is 28.8 Å². The van der Waals surface area contributed by atoms with Crippen molar-refractivity contribution in [1.82, 2.24) is 4.98 Å². The molecule has 1 aliphatic rings. The van der Waals surface area contributed by atoms with E-state index in [9.17, 15) is 13.6 Å². The molecule has 0 saturated heterocycles. The van der Waals surface area contributed by atoms with E-state index < -0.39 is 11.7 Å². The van der Waals surface area contributed by atoms with Crippen LogP contribution >= 0.6 is 11.6 Å². The number of nitrogens with zero attached hydrogens (tertiary/aromatic N) is 1. The Hall–Kier alpha value is -2.41. The molecule has 0 radical (unpaired) electrons. The van der Waals surface area contributed by atoms with E-state index in [1.807, 2.05) is 0 Å². The maximum atomic E-state index is 13.1. The van der Waals surface area contributed by atoms with Crippen molar-refractivity contribution >= 4 is 23.3 Å². The summed E-state index contributed by atoms with van der Waals surface area (Å²) in [5.41, 5.74) is 0.495. The standard InChI is InChI=1S/C17H15ClF2N2O3/c1-16(2,3)15(23)22-14-5-4-9(8-21-14)10-6-12-13(7-11(10)18)25-17(19,20)24-12/h4-8H,1-3H3,(H,21,22,23). The lowest BCUT2D eigenvalue weighted by Crippen LogP contribution is -2.27. The number of rotatable bonds is 2. The second kappa shape index (κ2) is 5.84. The first kappa shape index (κ1) is 17.4. The third kappa shape index (κ3) is 3.66. The van der Waals surface area contributed by atoms with Crippen LogP contribution in [0.5, 0.6) is 11.5 Å². The molecule has 0 atom stereocenters. The van der Waals surface area contributed by atoms with Gasteiger partial charge in [0.15, 0.2) is 11.5 Å². The number of fused-ring (bicyclic) bond motifs is 1. The van der Waals surface area contributed by atoms with Crippen LogP contribution in [0.1, 0.15) is 20.8 Å². The van der Waals surface area contributed by atoms with Gasteiger partial charge in [-0.3, -0.25) is 4.79 Å². The Morgan fingerprint density at radius 1 is 1.20 bits per heavy atom. The van der Waals surface area contributed by atoms with Gasteiger partial charge in [0.2, 0.25) is 5.91 Å². The summed E-state index contributed by atoms with van der Waals surface area (Å²) in [5, 5.41) is 2.92. The van der Waals surface area contributed by atoms with Crippen molar-refractivity contribution < 1.29 is 23.0 Å². The van der Waals surface area contributed by atoms with Crippen LogP contribution in [-0.2, 0) is 4.79 Å². The van der Waals surface area contributed by atoms with Crippen molar-refractivity contribution in [2.24, 2.45) is 5.41 Å². The first-order valence-corrected chi connectivity index (χ1v) is 7.80. The van der Waals surface area contributed by atoms with E-state index in [0.717, 1.165) is 0 Å². The van der Waals surface area contributed by atoms with Gasteiger partial charge in [0.25, 0.3) is 0 Å². The molecule has 1 aromatic carbocycles. The molecule has 0 bridgehead atoms. The lowest BCUT2D eigenvalue weighted by Gasteiger charge is -2.17. The van der Waals surface area contributed by atoms with E-state index in [1.54, 1.807) is 32.9 Å². The molecule has 25 heavy (non-hydrogen) atoms. The van der Waals surface area contributed by atoms with E-state index in [4.69, 9.17) is 11.6 Å². The van der Waals surface area contributed by atoms with Crippen molar-refractivity contribution in [1.29, 1.82) is 0 Å². The lowest BCUT2D eigenvalue weighted by atomic mass is 9.96. The third-order valence-corrected chi connectivity index (χ3v) is 3.80. The first-order chi connectivity index (χ1) is 11.5. The normalized spacial score (nSPS) is 15.1. The molecule has 1 aliphatic heterocycles. The fraction of sp³-hybridized carbons (Fsp3) is 0.294. The van der Waals surface area contributed by atoms with Crippen molar-refractivity contribution in [2.75, 3.05) is 5.32 Å². The van der Waals surface area contributed by atoms with Crippen LogP contribution in [-0.4, -0.2) is 17.2 Å². The summed E-state index contributed by atoms with van der Waals surface area (Å²) in [5.74, 6) is -0.0153. The molecule has 0 spiro atoms. The monoisotopic (exact) mass is 368 g/mol. The maximum Gasteiger partial charge on any atom is 0.586 e. The number of hydrogen-bond donors (Lipinski definition) is 1. The SMILES string of the molecule is CC(C)(C)C(=O)Nc1ccc(-c2cc3c(cc2Cl)OC(F)(F)O3)cn1. The highest BCUT2D eigenvalue weighted by atomic mass is 35.5. The van der Waals surface area contributed by atoms with Crippen molar-refractivity contribution in [3.8, 4) is 22.6 Å². The van der Waals surface area contributed by atoms with E-state index in [0.29, 0.717) is 16.9 Å². The van der Waals surface area contributed by atoms with Gasteiger partial charge >= 0.3 is 6.29 Å². The molecule has 0 unspecified atom stereocenters. The summed E-state index contributed by atoms with van der Waals surface area (Å²) < 4.78 is 35.1. The summed E-state index contributed by atoms with van der Waals surface area (Å²) in [6, 6.07) is 5.91. The average molecular weight is 369 g/mol. The van der Waals surface area contributed by atoms with Gasteiger partial charge in [-0.15, -0.1) is 8.78 Å². The average Bonchev–Trinajstić information content (AvgIpc) is 2.79. The Labute approximate surface area is 147 Å². The topological polar surface area (TPSA) is 60.5 Å². The highest BCUT2D eigenvalue weighted by Crippen LogP contribution is 2.45.